The van der Waals surface area contributed by atoms with Gasteiger partial charge in [-0.3, -0.25) is 9.69 Å². The maximum atomic E-state index is 13.0. The summed E-state index contributed by atoms with van der Waals surface area (Å²) in [6, 6.07) is 8.13. The second kappa shape index (κ2) is 10.1. The zero-order valence-corrected chi connectivity index (χ0v) is 18.2. The van der Waals surface area contributed by atoms with E-state index in [0.29, 0.717) is 31.9 Å². The fourth-order valence-corrected chi connectivity index (χ4v) is 3.74. The molecule has 2 N–H and O–H groups in total. The lowest BCUT2D eigenvalue weighted by Crippen LogP contribution is -2.35. The molecule has 0 aliphatic rings. The maximum absolute atomic E-state index is 13.0. The zero-order chi connectivity index (χ0) is 21.6. The van der Waals surface area contributed by atoms with Crippen molar-refractivity contribution in [3.63, 3.8) is 0 Å². The summed E-state index contributed by atoms with van der Waals surface area (Å²) in [7, 11) is -0.488. The van der Waals surface area contributed by atoms with Gasteiger partial charge in [-0.25, -0.2) is 13.6 Å². The van der Waals surface area contributed by atoms with Crippen LogP contribution in [0.3, 0.4) is 0 Å². The molecule has 0 radical (unpaired) electrons. The molecule has 0 amide bonds. The van der Waals surface area contributed by atoms with Gasteiger partial charge in [-0.15, -0.1) is 0 Å². The van der Waals surface area contributed by atoms with Crippen molar-refractivity contribution in [3.8, 4) is 5.69 Å². The van der Waals surface area contributed by atoms with Crippen LogP contribution in [-0.4, -0.2) is 70.7 Å². The maximum Gasteiger partial charge on any atom is 0.238 e. The number of benzene rings is 1. The second-order valence-corrected chi connectivity index (χ2v) is 8.41. The molecule has 0 saturated carbocycles. The van der Waals surface area contributed by atoms with Gasteiger partial charge in [-0.1, -0.05) is 0 Å². The highest BCUT2D eigenvalue weighted by Crippen LogP contribution is 2.22. The van der Waals surface area contributed by atoms with Crippen molar-refractivity contribution in [3.05, 3.63) is 47.3 Å². The van der Waals surface area contributed by atoms with E-state index in [2.05, 4.69) is 0 Å². The fourth-order valence-electron chi connectivity index (χ4n) is 3.23. The average Bonchev–Trinajstić information content (AvgIpc) is 2.97. The molecule has 0 atom stereocenters. The smallest absolute Gasteiger partial charge is 0.238 e. The Morgan fingerprint density at radius 1 is 1.07 bits per heavy atom. The number of aryl methyl sites for hydroxylation is 1. The Kier molecular flexibility index (Phi) is 8.12. The van der Waals surface area contributed by atoms with Gasteiger partial charge in [0.25, 0.3) is 0 Å². The van der Waals surface area contributed by atoms with Crippen LogP contribution in [0.25, 0.3) is 5.69 Å². The molecule has 29 heavy (non-hydrogen) atoms. The van der Waals surface area contributed by atoms with Crippen LogP contribution in [0, 0.1) is 13.8 Å². The number of primary sulfonamides is 1. The van der Waals surface area contributed by atoms with E-state index in [1.54, 1.807) is 26.4 Å². The van der Waals surface area contributed by atoms with Gasteiger partial charge < -0.3 is 14.0 Å². The molecule has 2 aromatic rings. The number of sulfonamides is 1. The Balaban J connectivity index is 2.26. The Bertz CT molecular complexity index is 928. The van der Waals surface area contributed by atoms with Crippen molar-refractivity contribution in [1.82, 2.24) is 9.47 Å². The highest BCUT2D eigenvalue weighted by atomic mass is 32.2. The molecule has 0 saturated heterocycles. The molecule has 1 heterocycles. The van der Waals surface area contributed by atoms with Crippen molar-refractivity contribution < 1.29 is 22.7 Å². The molecule has 2 rings (SSSR count). The highest BCUT2D eigenvalue weighted by Gasteiger charge is 2.19. The number of nitrogens with two attached hydrogens (primary N) is 1. The third kappa shape index (κ3) is 5.97. The normalized spacial score (nSPS) is 11.9. The first-order chi connectivity index (χ1) is 13.7. The lowest BCUT2D eigenvalue weighted by Gasteiger charge is -2.20. The number of rotatable bonds is 11. The number of carbonyl (C=O) groups is 1. The van der Waals surface area contributed by atoms with Crippen molar-refractivity contribution in [2.45, 2.75) is 18.7 Å². The molecule has 1 aromatic carbocycles. The van der Waals surface area contributed by atoms with Crippen LogP contribution in [0.15, 0.2) is 35.2 Å². The minimum Gasteiger partial charge on any atom is -0.383 e. The second-order valence-electron chi connectivity index (χ2n) is 6.84. The number of ketones is 1. The number of carbonyl (C=O) groups excluding carboxylic acids is 1. The Hall–Kier alpha value is -2.04. The van der Waals surface area contributed by atoms with Crippen LogP contribution in [-0.2, 0) is 19.5 Å². The largest absolute Gasteiger partial charge is 0.383 e. The fraction of sp³-hybridized carbons (Fsp3) is 0.450. The molecule has 0 bridgehead atoms. The van der Waals surface area contributed by atoms with Gasteiger partial charge in [0.15, 0.2) is 5.78 Å². The highest BCUT2D eigenvalue weighted by molar-refractivity contribution is 7.89. The number of methoxy groups -OCH3 is 2. The predicted octanol–water partition coefficient (Wildman–Crippen LogP) is 1.52. The minimum atomic E-state index is -3.75. The first-order valence-corrected chi connectivity index (χ1v) is 10.8. The Labute approximate surface area is 172 Å². The van der Waals surface area contributed by atoms with Gasteiger partial charge in [-0.2, -0.15) is 0 Å². The van der Waals surface area contributed by atoms with E-state index in [1.807, 2.05) is 29.4 Å². The third-order valence-corrected chi connectivity index (χ3v) is 5.67. The van der Waals surface area contributed by atoms with E-state index < -0.39 is 10.0 Å². The summed E-state index contributed by atoms with van der Waals surface area (Å²) in [4.78, 5) is 15.0. The Morgan fingerprint density at radius 2 is 1.62 bits per heavy atom. The molecular weight excluding hydrogens is 394 g/mol. The minimum absolute atomic E-state index is 0.0118. The van der Waals surface area contributed by atoms with E-state index in [0.717, 1.165) is 17.1 Å². The first kappa shape index (κ1) is 23.2. The van der Waals surface area contributed by atoms with Gasteiger partial charge in [0.2, 0.25) is 10.0 Å². The Morgan fingerprint density at radius 3 is 2.10 bits per heavy atom. The van der Waals surface area contributed by atoms with Crippen molar-refractivity contribution in [2.24, 2.45) is 5.14 Å². The summed E-state index contributed by atoms with van der Waals surface area (Å²) in [6.07, 6.45) is 0. The molecule has 1 aromatic heterocycles. The van der Waals surface area contributed by atoms with Gasteiger partial charge in [0.05, 0.1) is 24.7 Å². The van der Waals surface area contributed by atoms with Crippen LogP contribution in [0.2, 0.25) is 0 Å². The zero-order valence-electron chi connectivity index (χ0n) is 17.3. The van der Waals surface area contributed by atoms with E-state index in [9.17, 15) is 13.2 Å². The summed E-state index contributed by atoms with van der Waals surface area (Å²) in [5.74, 6) is 0.0118. The summed E-state index contributed by atoms with van der Waals surface area (Å²) in [5.41, 5.74) is 3.09. The molecule has 8 nitrogen and oxygen atoms in total. The predicted molar refractivity (Wildman–Crippen MR) is 111 cm³/mol. The van der Waals surface area contributed by atoms with Crippen LogP contribution in [0.4, 0.5) is 0 Å². The summed E-state index contributed by atoms with van der Waals surface area (Å²) in [5, 5.41) is 5.16. The van der Waals surface area contributed by atoms with Crippen LogP contribution >= 0.6 is 0 Å². The molecular formula is C20H29N3O5S. The van der Waals surface area contributed by atoms with Crippen LogP contribution in [0.5, 0.6) is 0 Å². The number of ether oxygens (including phenoxy) is 2. The number of Topliss-reactive ketones (excluding diaryl/α,β-unsaturated/α-hetero) is 1. The number of hydrogen-bond donors (Lipinski definition) is 1. The molecule has 160 valence electrons. The number of aromatic nitrogens is 1. The molecule has 0 aliphatic heterocycles. The summed E-state index contributed by atoms with van der Waals surface area (Å²) in [6.45, 7) is 6.40. The lowest BCUT2D eigenvalue weighted by molar-refractivity contribution is 0.0836. The first-order valence-electron chi connectivity index (χ1n) is 9.24. The van der Waals surface area contributed by atoms with Gasteiger partial charge in [0.1, 0.15) is 0 Å². The lowest BCUT2D eigenvalue weighted by atomic mass is 10.1. The van der Waals surface area contributed by atoms with Gasteiger partial charge in [0, 0.05) is 49.9 Å². The standard InChI is InChI=1S/C20H29N3O5S/c1-15-13-19(20(24)14-22(9-11-27-3)10-12-28-4)16(2)23(15)17-5-7-18(8-6-17)29(21,25)26/h5-8,13H,9-12,14H2,1-4H3,(H2,21,25,26). The monoisotopic (exact) mass is 423 g/mol. The van der Waals surface area contributed by atoms with Crippen molar-refractivity contribution in [1.29, 1.82) is 0 Å². The average molecular weight is 424 g/mol. The number of nitrogens with zero attached hydrogens (tertiary/aromatic N) is 2. The summed E-state index contributed by atoms with van der Waals surface area (Å²) >= 11 is 0. The molecule has 9 heteroatoms. The third-order valence-electron chi connectivity index (χ3n) is 4.75. The van der Waals surface area contributed by atoms with E-state index >= 15 is 0 Å². The van der Waals surface area contributed by atoms with Gasteiger partial charge in [-0.05, 0) is 44.2 Å². The molecule has 0 spiro atoms. The topological polar surface area (TPSA) is 104 Å². The quantitative estimate of drug-likeness (QED) is 0.550. The van der Waals surface area contributed by atoms with Crippen LogP contribution in [0.1, 0.15) is 21.7 Å². The van der Waals surface area contributed by atoms with E-state index in [4.69, 9.17) is 14.6 Å². The van der Waals surface area contributed by atoms with Crippen molar-refractivity contribution in [2.75, 3.05) is 47.1 Å². The van der Waals surface area contributed by atoms with Crippen LogP contribution < -0.4 is 5.14 Å². The number of hydrogen-bond acceptors (Lipinski definition) is 6. The van der Waals surface area contributed by atoms with Gasteiger partial charge >= 0.3 is 0 Å². The molecule has 0 aliphatic carbocycles. The van der Waals surface area contributed by atoms with E-state index in [1.165, 1.54) is 12.1 Å². The molecule has 0 fully saturated rings. The summed E-state index contributed by atoms with van der Waals surface area (Å²) < 4.78 is 35.1. The van der Waals surface area contributed by atoms with Crippen molar-refractivity contribution >= 4 is 15.8 Å². The van der Waals surface area contributed by atoms with E-state index in [-0.39, 0.29) is 17.2 Å². The molecule has 0 unspecified atom stereocenters. The SMILES string of the molecule is COCCN(CCOC)CC(=O)c1cc(C)n(-c2ccc(S(N)(=O)=O)cc2)c1C.